The number of ether oxygens (including phenoxy) is 2. The number of anilines is 2. The van der Waals surface area contributed by atoms with E-state index in [0.717, 1.165) is 6.07 Å². The summed E-state index contributed by atoms with van der Waals surface area (Å²) in [6, 6.07) is 2.00. The number of hydrogen-bond donors (Lipinski definition) is 1. The first-order valence-corrected chi connectivity index (χ1v) is 5.62. The number of nitrogens with two attached hydrogens (primary N) is 1. The van der Waals surface area contributed by atoms with Crippen molar-refractivity contribution in [2.24, 2.45) is 0 Å². The molecule has 0 spiro atoms. The number of methoxy groups -OCH3 is 2. The molecule has 1 aromatic rings. The quantitative estimate of drug-likeness (QED) is 0.832. The molecule has 1 aromatic carbocycles. The summed E-state index contributed by atoms with van der Waals surface area (Å²) in [5.74, 6) is -1.40. The molecule has 2 atom stereocenters. The van der Waals surface area contributed by atoms with Crippen molar-refractivity contribution in [2.45, 2.75) is 12.2 Å². The van der Waals surface area contributed by atoms with Crippen LogP contribution in [0, 0.1) is 11.6 Å². The van der Waals surface area contributed by atoms with Crippen LogP contribution in [0.2, 0.25) is 0 Å². The lowest BCUT2D eigenvalue weighted by Crippen LogP contribution is -2.27. The summed E-state index contributed by atoms with van der Waals surface area (Å²) in [5, 5.41) is 0. The van der Waals surface area contributed by atoms with Gasteiger partial charge < -0.3 is 20.1 Å². The van der Waals surface area contributed by atoms with E-state index in [9.17, 15) is 8.78 Å². The van der Waals surface area contributed by atoms with E-state index in [1.165, 1.54) is 6.07 Å². The second-order valence-electron chi connectivity index (χ2n) is 4.27. The van der Waals surface area contributed by atoms with Crippen molar-refractivity contribution < 1.29 is 18.3 Å². The maximum atomic E-state index is 13.4. The Hall–Kier alpha value is -1.40. The Balaban J connectivity index is 2.28. The zero-order chi connectivity index (χ0) is 13.3. The molecule has 0 aromatic heterocycles. The minimum absolute atomic E-state index is 0.0528. The number of nitrogen functional groups attached to an aromatic ring is 1. The fraction of sp³-hybridized carbons (Fsp3) is 0.500. The minimum Gasteiger partial charge on any atom is -0.395 e. The van der Waals surface area contributed by atoms with E-state index in [4.69, 9.17) is 15.2 Å². The van der Waals surface area contributed by atoms with E-state index < -0.39 is 11.6 Å². The van der Waals surface area contributed by atoms with Crippen molar-refractivity contribution in [1.29, 1.82) is 0 Å². The number of nitrogens with zero attached hydrogens (tertiary/aromatic N) is 1. The van der Waals surface area contributed by atoms with Gasteiger partial charge in [-0.2, -0.15) is 0 Å². The van der Waals surface area contributed by atoms with Gasteiger partial charge in [0.05, 0.1) is 11.4 Å². The molecule has 0 radical (unpaired) electrons. The Kier molecular flexibility index (Phi) is 3.68. The molecule has 4 nitrogen and oxygen atoms in total. The van der Waals surface area contributed by atoms with Gasteiger partial charge in [0, 0.05) is 33.4 Å². The fourth-order valence-electron chi connectivity index (χ4n) is 2.23. The van der Waals surface area contributed by atoms with Crippen molar-refractivity contribution >= 4 is 11.4 Å². The third kappa shape index (κ3) is 2.26. The molecule has 18 heavy (non-hydrogen) atoms. The average Bonchev–Trinajstić information content (AvgIpc) is 2.76. The Bertz CT molecular complexity index is 430. The van der Waals surface area contributed by atoms with Gasteiger partial charge in [0.15, 0.2) is 5.82 Å². The Labute approximate surface area is 104 Å². The van der Waals surface area contributed by atoms with Crippen LogP contribution in [-0.4, -0.2) is 39.5 Å². The summed E-state index contributed by atoms with van der Waals surface area (Å²) in [6.07, 6.45) is -0.276. The zero-order valence-electron chi connectivity index (χ0n) is 10.3. The van der Waals surface area contributed by atoms with Crippen LogP contribution >= 0.6 is 0 Å². The van der Waals surface area contributed by atoms with Crippen molar-refractivity contribution in [1.82, 2.24) is 0 Å². The highest BCUT2D eigenvalue weighted by molar-refractivity contribution is 5.69. The van der Waals surface area contributed by atoms with Crippen LogP contribution in [0.15, 0.2) is 12.1 Å². The normalized spacial score (nSPS) is 23.7. The lowest BCUT2D eigenvalue weighted by Gasteiger charge is -2.20. The lowest BCUT2D eigenvalue weighted by atomic mass is 10.2. The van der Waals surface area contributed by atoms with Crippen LogP contribution in [0.1, 0.15) is 0 Å². The van der Waals surface area contributed by atoms with Crippen LogP contribution in [0.3, 0.4) is 0 Å². The minimum atomic E-state index is -0.750. The average molecular weight is 258 g/mol. The van der Waals surface area contributed by atoms with E-state index in [2.05, 4.69) is 0 Å². The Morgan fingerprint density at radius 3 is 2.22 bits per heavy atom. The van der Waals surface area contributed by atoms with Gasteiger partial charge in [0.25, 0.3) is 0 Å². The first-order valence-electron chi connectivity index (χ1n) is 5.62. The first-order chi connectivity index (χ1) is 8.56. The van der Waals surface area contributed by atoms with E-state index >= 15 is 0 Å². The largest absolute Gasteiger partial charge is 0.395 e. The van der Waals surface area contributed by atoms with Crippen LogP contribution in [-0.2, 0) is 9.47 Å². The summed E-state index contributed by atoms with van der Waals surface area (Å²) in [4.78, 5) is 1.77. The SMILES string of the molecule is COC1CN(c2cc(F)cc(F)c2N)CC1OC. The van der Waals surface area contributed by atoms with Gasteiger partial charge in [-0.25, -0.2) is 8.78 Å². The highest BCUT2D eigenvalue weighted by Crippen LogP contribution is 2.31. The van der Waals surface area contributed by atoms with Crippen molar-refractivity contribution in [3.8, 4) is 0 Å². The first kappa shape index (κ1) is 13.0. The standard InChI is InChI=1S/C12H16F2N2O2/c1-17-10-5-16(6-11(10)18-2)9-4-7(13)3-8(14)12(9)15/h3-4,10-11H,5-6,15H2,1-2H3. The molecule has 0 aliphatic carbocycles. The molecule has 1 heterocycles. The molecule has 1 fully saturated rings. The molecule has 100 valence electrons. The molecule has 1 aliphatic heterocycles. The van der Waals surface area contributed by atoms with Gasteiger partial charge in [0.2, 0.25) is 0 Å². The van der Waals surface area contributed by atoms with Crippen LogP contribution in [0.25, 0.3) is 0 Å². The molecule has 0 saturated carbocycles. The topological polar surface area (TPSA) is 47.7 Å². The predicted octanol–water partition coefficient (Wildman–Crippen LogP) is 1.40. The number of hydrogen-bond acceptors (Lipinski definition) is 4. The molecular formula is C12H16F2N2O2. The van der Waals surface area contributed by atoms with E-state index in [-0.39, 0.29) is 17.9 Å². The van der Waals surface area contributed by atoms with Crippen LogP contribution in [0.4, 0.5) is 20.2 Å². The molecule has 0 amide bonds. The summed E-state index contributed by atoms with van der Waals surface area (Å²) in [6.45, 7) is 0.976. The van der Waals surface area contributed by atoms with Gasteiger partial charge in [-0.1, -0.05) is 0 Å². The van der Waals surface area contributed by atoms with Gasteiger partial charge in [0.1, 0.15) is 18.0 Å². The molecule has 6 heteroatoms. The molecule has 1 aliphatic rings. The molecule has 0 bridgehead atoms. The van der Waals surface area contributed by atoms with Gasteiger partial charge in [-0.05, 0) is 6.07 Å². The molecular weight excluding hydrogens is 242 g/mol. The summed E-state index contributed by atoms with van der Waals surface area (Å²) in [5.41, 5.74) is 5.93. The number of benzene rings is 1. The van der Waals surface area contributed by atoms with E-state index in [0.29, 0.717) is 18.8 Å². The second-order valence-corrected chi connectivity index (χ2v) is 4.27. The summed E-state index contributed by atoms with van der Waals surface area (Å²) >= 11 is 0. The maximum Gasteiger partial charge on any atom is 0.151 e. The maximum absolute atomic E-state index is 13.4. The molecule has 1 saturated heterocycles. The molecule has 2 unspecified atom stereocenters. The zero-order valence-corrected chi connectivity index (χ0v) is 10.3. The van der Waals surface area contributed by atoms with Gasteiger partial charge >= 0.3 is 0 Å². The summed E-state index contributed by atoms with van der Waals surface area (Å²) < 4.78 is 37.2. The van der Waals surface area contributed by atoms with E-state index in [1.54, 1.807) is 19.1 Å². The number of halogens is 2. The van der Waals surface area contributed by atoms with Crippen molar-refractivity contribution in [3.63, 3.8) is 0 Å². The van der Waals surface area contributed by atoms with Gasteiger partial charge in [-0.3, -0.25) is 0 Å². The van der Waals surface area contributed by atoms with Crippen molar-refractivity contribution in [3.05, 3.63) is 23.8 Å². The lowest BCUT2D eigenvalue weighted by molar-refractivity contribution is -0.00461. The predicted molar refractivity (Wildman–Crippen MR) is 64.6 cm³/mol. The van der Waals surface area contributed by atoms with Crippen LogP contribution in [0.5, 0.6) is 0 Å². The van der Waals surface area contributed by atoms with Gasteiger partial charge in [-0.15, -0.1) is 0 Å². The highest BCUT2D eigenvalue weighted by Gasteiger charge is 2.34. The fourth-order valence-corrected chi connectivity index (χ4v) is 2.23. The van der Waals surface area contributed by atoms with Crippen LogP contribution < -0.4 is 10.6 Å². The monoisotopic (exact) mass is 258 g/mol. The second kappa shape index (κ2) is 5.07. The smallest absolute Gasteiger partial charge is 0.151 e. The Morgan fingerprint density at radius 1 is 1.17 bits per heavy atom. The Morgan fingerprint density at radius 2 is 1.72 bits per heavy atom. The molecule has 2 N–H and O–H groups in total. The number of rotatable bonds is 3. The highest BCUT2D eigenvalue weighted by atomic mass is 19.1. The van der Waals surface area contributed by atoms with Crippen molar-refractivity contribution in [2.75, 3.05) is 37.9 Å². The van der Waals surface area contributed by atoms with E-state index in [1.807, 2.05) is 0 Å². The third-order valence-corrected chi connectivity index (χ3v) is 3.23. The molecule has 2 rings (SSSR count). The summed E-state index contributed by atoms with van der Waals surface area (Å²) in [7, 11) is 3.16. The third-order valence-electron chi connectivity index (χ3n) is 3.23.